The highest BCUT2D eigenvalue weighted by Gasteiger charge is 2.47. The average molecular weight is 390 g/mol. The highest BCUT2D eigenvalue weighted by atomic mass is 19.4. The van der Waals surface area contributed by atoms with E-state index in [0.717, 1.165) is 45.5 Å². The predicted molar refractivity (Wildman–Crippen MR) is 96.8 cm³/mol. The summed E-state index contributed by atoms with van der Waals surface area (Å²) >= 11 is 0. The van der Waals surface area contributed by atoms with Crippen LogP contribution >= 0.6 is 0 Å². The number of hydrogen-bond donors (Lipinski definition) is 4. The van der Waals surface area contributed by atoms with E-state index in [1.807, 2.05) is 0 Å². The Hall–Kier alpha value is -0.410. The minimum absolute atomic E-state index is 0.176. The van der Waals surface area contributed by atoms with Crippen molar-refractivity contribution < 1.29 is 17.9 Å². The van der Waals surface area contributed by atoms with E-state index in [1.54, 1.807) is 0 Å². The first kappa shape index (κ1) is 19.9. The number of nitrogens with one attached hydrogen (secondary N) is 4. The van der Waals surface area contributed by atoms with Crippen LogP contribution in [0.1, 0.15) is 44.9 Å². The molecule has 5 atom stereocenters. The Morgan fingerprint density at radius 3 is 2.48 bits per heavy atom. The lowest BCUT2D eigenvalue weighted by molar-refractivity contribution is -0.185. The molecule has 4 rings (SSSR count). The zero-order valence-corrected chi connectivity index (χ0v) is 15.9. The van der Waals surface area contributed by atoms with Gasteiger partial charge in [-0.2, -0.15) is 13.2 Å². The molecule has 156 valence electrons. The molecule has 0 bridgehead atoms. The normalized spacial score (nSPS) is 43.4. The molecule has 4 aliphatic rings. The first-order valence-electron chi connectivity index (χ1n) is 10.7. The molecule has 3 saturated heterocycles. The summed E-state index contributed by atoms with van der Waals surface area (Å²) in [6.45, 7) is 3.66. The number of halogens is 3. The van der Waals surface area contributed by atoms with Crippen LogP contribution in [0.2, 0.25) is 0 Å². The Balaban J connectivity index is 1.34. The van der Waals surface area contributed by atoms with Crippen molar-refractivity contribution in [2.75, 3.05) is 26.2 Å². The van der Waals surface area contributed by atoms with Gasteiger partial charge in [-0.05, 0) is 63.3 Å². The monoisotopic (exact) mass is 390 g/mol. The number of rotatable bonds is 4. The highest BCUT2D eigenvalue weighted by molar-refractivity contribution is 4.98. The Labute approximate surface area is 159 Å². The van der Waals surface area contributed by atoms with Gasteiger partial charge in [-0.3, -0.25) is 10.7 Å². The van der Waals surface area contributed by atoms with Crippen molar-refractivity contribution in [1.29, 1.82) is 0 Å². The van der Waals surface area contributed by atoms with E-state index < -0.39 is 12.1 Å². The molecule has 3 aliphatic heterocycles. The second-order valence-electron chi connectivity index (χ2n) is 8.81. The van der Waals surface area contributed by atoms with Gasteiger partial charge in [0.15, 0.2) is 0 Å². The van der Waals surface area contributed by atoms with Crippen LogP contribution in [-0.2, 0) is 4.74 Å². The summed E-state index contributed by atoms with van der Waals surface area (Å²) in [6.07, 6.45) is 1.70. The molecular weight excluding hydrogens is 357 g/mol. The van der Waals surface area contributed by atoms with E-state index in [0.29, 0.717) is 36.7 Å². The van der Waals surface area contributed by atoms with Crippen molar-refractivity contribution in [2.24, 2.45) is 23.7 Å². The largest absolute Gasteiger partial charge is 0.391 e. The Bertz CT molecular complexity index is 478. The molecule has 3 heterocycles. The summed E-state index contributed by atoms with van der Waals surface area (Å²) in [4.78, 5) is 0. The van der Waals surface area contributed by atoms with Crippen LogP contribution < -0.4 is 21.5 Å². The van der Waals surface area contributed by atoms with Gasteiger partial charge in [0.1, 0.15) is 0 Å². The van der Waals surface area contributed by atoms with Crippen molar-refractivity contribution in [1.82, 2.24) is 21.5 Å². The summed E-state index contributed by atoms with van der Waals surface area (Å²) in [7, 11) is 0. The summed E-state index contributed by atoms with van der Waals surface area (Å²) in [5.41, 5.74) is 6.96. The van der Waals surface area contributed by atoms with E-state index in [-0.39, 0.29) is 25.0 Å². The lowest BCUT2D eigenvalue weighted by Crippen LogP contribution is -2.70. The molecule has 0 aromatic heterocycles. The van der Waals surface area contributed by atoms with E-state index in [4.69, 9.17) is 4.74 Å². The number of ether oxygens (including phenoxy) is 1. The molecule has 1 aliphatic carbocycles. The van der Waals surface area contributed by atoms with Crippen molar-refractivity contribution in [2.45, 2.75) is 69.4 Å². The first-order valence-corrected chi connectivity index (χ1v) is 10.7. The number of alkyl halides is 3. The summed E-state index contributed by atoms with van der Waals surface area (Å²) in [5.74, 6) is 0.185. The third-order valence-corrected chi connectivity index (χ3v) is 7.21. The van der Waals surface area contributed by atoms with Gasteiger partial charge in [0.05, 0.1) is 18.2 Å². The highest BCUT2D eigenvalue weighted by Crippen LogP contribution is 2.43. The minimum atomic E-state index is -4.03. The van der Waals surface area contributed by atoms with Crippen LogP contribution in [0.3, 0.4) is 0 Å². The van der Waals surface area contributed by atoms with Crippen LogP contribution in [0.4, 0.5) is 13.2 Å². The standard InChI is InChI=1S/C19H33F3N4O/c20-19(21,22)13-5-3-12(4-6-13)17-15-7-8-23-11-16(15)18(26-25-17)24-10-14-2-1-9-27-14/h12-18,23-26H,1-11H2. The zero-order valence-electron chi connectivity index (χ0n) is 15.9. The molecule has 4 fully saturated rings. The molecule has 4 N–H and O–H groups in total. The third kappa shape index (κ3) is 4.61. The molecule has 0 spiro atoms. The maximum Gasteiger partial charge on any atom is 0.391 e. The average Bonchev–Trinajstić information content (AvgIpc) is 3.19. The maximum atomic E-state index is 13.0. The Kier molecular flexibility index (Phi) is 6.28. The van der Waals surface area contributed by atoms with Crippen molar-refractivity contribution >= 4 is 0 Å². The van der Waals surface area contributed by atoms with E-state index in [2.05, 4.69) is 21.5 Å². The van der Waals surface area contributed by atoms with Crippen molar-refractivity contribution in [3.8, 4) is 0 Å². The van der Waals surface area contributed by atoms with E-state index >= 15 is 0 Å². The second-order valence-corrected chi connectivity index (χ2v) is 8.81. The topological polar surface area (TPSA) is 57.3 Å². The molecule has 27 heavy (non-hydrogen) atoms. The van der Waals surface area contributed by atoms with E-state index in [9.17, 15) is 13.2 Å². The predicted octanol–water partition coefficient (Wildman–Crippen LogP) is 2.15. The van der Waals surface area contributed by atoms with Crippen LogP contribution in [0, 0.1) is 23.7 Å². The molecule has 1 saturated carbocycles. The van der Waals surface area contributed by atoms with Crippen molar-refractivity contribution in [3.05, 3.63) is 0 Å². The molecule has 0 amide bonds. The summed E-state index contributed by atoms with van der Waals surface area (Å²) < 4.78 is 44.7. The fourth-order valence-corrected chi connectivity index (χ4v) is 5.65. The zero-order chi connectivity index (χ0) is 18.9. The summed E-state index contributed by atoms with van der Waals surface area (Å²) in [6, 6.07) is 0.270. The van der Waals surface area contributed by atoms with Crippen LogP contribution in [0.25, 0.3) is 0 Å². The minimum Gasteiger partial charge on any atom is -0.377 e. The molecule has 5 nitrogen and oxygen atoms in total. The van der Waals surface area contributed by atoms with Gasteiger partial charge < -0.3 is 10.1 Å². The number of fused-ring (bicyclic) bond motifs is 1. The van der Waals surface area contributed by atoms with Crippen LogP contribution in [-0.4, -0.2) is 50.7 Å². The molecule has 0 aromatic carbocycles. The smallest absolute Gasteiger partial charge is 0.377 e. The number of hydrazine groups is 1. The van der Waals surface area contributed by atoms with E-state index in [1.165, 1.54) is 0 Å². The van der Waals surface area contributed by atoms with Gasteiger partial charge in [0.2, 0.25) is 0 Å². The van der Waals surface area contributed by atoms with Gasteiger partial charge >= 0.3 is 6.18 Å². The second kappa shape index (κ2) is 8.53. The summed E-state index contributed by atoms with van der Waals surface area (Å²) in [5, 5.41) is 7.13. The number of hydrogen-bond acceptors (Lipinski definition) is 5. The van der Waals surface area contributed by atoms with Crippen molar-refractivity contribution in [3.63, 3.8) is 0 Å². The van der Waals surface area contributed by atoms with Gasteiger partial charge in [0, 0.05) is 31.7 Å². The molecular formula is C19H33F3N4O. The lowest BCUT2D eigenvalue weighted by Gasteiger charge is -2.50. The van der Waals surface area contributed by atoms with Crippen LogP contribution in [0.15, 0.2) is 0 Å². The SMILES string of the molecule is FC(F)(F)C1CCC(C2NNC(NCC3CCCO3)C3CNCCC32)CC1. The quantitative estimate of drug-likeness (QED) is 0.593. The lowest BCUT2D eigenvalue weighted by atomic mass is 9.69. The fourth-order valence-electron chi connectivity index (χ4n) is 5.65. The molecule has 5 unspecified atom stereocenters. The van der Waals surface area contributed by atoms with Gasteiger partial charge in [-0.15, -0.1) is 0 Å². The third-order valence-electron chi connectivity index (χ3n) is 7.21. The molecule has 0 radical (unpaired) electrons. The van der Waals surface area contributed by atoms with Gasteiger partial charge in [-0.1, -0.05) is 0 Å². The van der Waals surface area contributed by atoms with Crippen LogP contribution in [0.5, 0.6) is 0 Å². The Morgan fingerprint density at radius 1 is 0.963 bits per heavy atom. The van der Waals surface area contributed by atoms with Gasteiger partial charge in [-0.25, -0.2) is 5.43 Å². The Morgan fingerprint density at radius 2 is 1.78 bits per heavy atom. The first-order chi connectivity index (χ1) is 13.0. The number of piperidine rings is 1. The van der Waals surface area contributed by atoms with Gasteiger partial charge in [0.25, 0.3) is 0 Å². The fraction of sp³-hybridized carbons (Fsp3) is 1.00. The maximum absolute atomic E-state index is 13.0. The molecule has 0 aromatic rings. The molecule has 8 heteroatoms.